The smallest absolute Gasteiger partial charge is 0.323 e. The van der Waals surface area contributed by atoms with E-state index in [1.807, 2.05) is 84.9 Å². The minimum atomic E-state index is -0.563. The molecule has 3 N–H and O–H groups in total. The molecule has 7 heteroatoms. The van der Waals surface area contributed by atoms with Crippen molar-refractivity contribution in [3.05, 3.63) is 143 Å². The van der Waals surface area contributed by atoms with Gasteiger partial charge in [0, 0.05) is 12.1 Å². The van der Waals surface area contributed by atoms with E-state index in [9.17, 15) is 14.4 Å². The second kappa shape index (κ2) is 26.3. The number of rotatable bonds is 18. The highest BCUT2D eigenvalue weighted by molar-refractivity contribution is 5.76. The molecule has 4 aromatic rings. The topological polar surface area (TPSA) is 108 Å². The van der Waals surface area contributed by atoms with Gasteiger partial charge in [0.1, 0.15) is 18.4 Å². The molecule has 4 rings (SSSR count). The Hall–Kier alpha value is -4.59. The van der Waals surface area contributed by atoms with Crippen LogP contribution in [0.5, 0.6) is 0 Å². The van der Waals surface area contributed by atoms with Crippen LogP contribution >= 0.6 is 0 Å². The zero-order valence-corrected chi connectivity index (χ0v) is 31.0. The van der Waals surface area contributed by atoms with Gasteiger partial charge in [-0.1, -0.05) is 149 Å². The third-order valence-corrected chi connectivity index (χ3v) is 8.40. The fraction of sp³-hybridized carbons (Fsp3) is 0.386. The normalized spacial score (nSPS) is 11.5. The van der Waals surface area contributed by atoms with Gasteiger partial charge in [-0.3, -0.25) is 14.4 Å². The molecule has 0 radical (unpaired) electrons. The van der Waals surface area contributed by atoms with E-state index in [1.165, 1.54) is 69.4 Å². The van der Waals surface area contributed by atoms with E-state index in [0.29, 0.717) is 19.4 Å². The third-order valence-electron chi connectivity index (χ3n) is 8.40. The lowest BCUT2D eigenvalue weighted by Crippen LogP contribution is -2.39. The van der Waals surface area contributed by atoms with Crippen molar-refractivity contribution in [1.82, 2.24) is 5.32 Å². The first-order chi connectivity index (χ1) is 24.8. The molecular formula is C44H58N2O5. The van der Waals surface area contributed by atoms with Crippen LogP contribution in [0, 0.1) is 0 Å². The van der Waals surface area contributed by atoms with Crippen LogP contribution in [-0.4, -0.2) is 44.5 Å². The molecule has 0 aliphatic heterocycles. The molecule has 2 atom stereocenters. The Labute approximate surface area is 306 Å². The van der Waals surface area contributed by atoms with Gasteiger partial charge in [0.25, 0.3) is 0 Å². The molecule has 0 aliphatic rings. The van der Waals surface area contributed by atoms with Crippen molar-refractivity contribution in [3.63, 3.8) is 0 Å². The summed E-state index contributed by atoms with van der Waals surface area (Å²) in [6, 6.07) is 35.3. The number of nitrogens with two attached hydrogens (primary N) is 1. The molecule has 0 saturated heterocycles. The van der Waals surface area contributed by atoms with Gasteiger partial charge >= 0.3 is 11.9 Å². The monoisotopic (exact) mass is 694 g/mol. The highest BCUT2D eigenvalue weighted by atomic mass is 16.5. The van der Waals surface area contributed by atoms with Gasteiger partial charge in [-0.15, -0.1) is 0 Å². The zero-order chi connectivity index (χ0) is 37.1. The van der Waals surface area contributed by atoms with E-state index in [1.54, 1.807) is 0 Å². The molecule has 51 heavy (non-hydrogen) atoms. The summed E-state index contributed by atoms with van der Waals surface area (Å²) >= 11 is 0. The summed E-state index contributed by atoms with van der Waals surface area (Å²) in [5.74, 6) is -0.594. The number of aldehydes is 1. The third kappa shape index (κ3) is 18.3. The van der Waals surface area contributed by atoms with Crippen molar-refractivity contribution < 1.29 is 23.9 Å². The highest BCUT2D eigenvalue weighted by Gasteiger charge is 2.19. The highest BCUT2D eigenvalue weighted by Crippen LogP contribution is 2.11. The fourth-order valence-corrected chi connectivity index (χ4v) is 5.32. The molecule has 0 aromatic heterocycles. The van der Waals surface area contributed by atoms with Gasteiger partial charge in [0.05, 0.1) is 14.2 Å². The minimum Gasteiger partial charge on any atom is -0.468 e. The summed E-state index contributed by atoms with van der Waals surface area (Å²) < 4.78 is 9.47. The van der Waals surface area contributed by atoms with Crippen molar-refractivity contribution in [1.29, 1.82) is 0 Å². The summed E-state index contributed by atoms with van der Waals surface area (Å²) in [6.07, 6.45) is 11.9. The van der Waals surface area contributed by atoms with Gasteiger partial charge in [-0.25, -0.2) is 0 Å². The van der Waals surface area contributed by atoms with Gasteiger partial charge in [-0.05, 0) is 66.3 Å². The lowest BCUT2D eigenvalue weighted by atomic mass is 10.0. The van der Waals surface area contributed by atoms with Crippen molar-refractivity contribution in [2.75, 3.05) is 14.2 Å². The summed E-state index contributed by atoms with van der Waals surface area (Å²) in [5.41, 5.74) is 12.4. The second-order valence-electron chi connectivity index (χ2n) is 12.6. The van der Waals surface area contributed by atoms with Gasteiger partial charge in [0.15, 0.2) is 0 Å². The van der Waals surface area contributed by atoms with Crippen LogP contribution in [0.2, 0.25) is 0 Å². The molecule has 0 aliphatic carbocycles. The van der Waals surface area contributed by atoms with E-state index < -0.39 is 6.04 Å². The zero-order valence-electron chi connectivity index (χ0n) is 31.0. The van der Waals surface area contributed by atoms with Crippen molar-refractivity contribution in [2.45, 2.75) is 96.7 Å². The average molecular weight is 695 g/mol. The number of hydrogen-bond donors (Lipinski definition) is 2. The number of aryl methyl sites for hydroxylation is 2. The average Bonchev–Trinajstić information content (AvgIpc) is 3.18. The number of carbonyl (C=O) groups is 3. The number of benzene rings is 4. The maximum atomic E-state index is 12.1. The number of hydrogen-bond acceptors (Lipinski definition) is 7. The van der Waals surface area contributed by atoms with Crippen LogP contribution in [-0.2, 0) is 51.3 Å². The Morgan fingerprint density at radius 3 is 1.51 bits per heavy atom. The second-order valence-corrected chi connectivity index (χ2v) is 12.6. The maximum Gasteiger partial charge on any atom is 0.323 e. The Balaban J connectivity index is 0.000000292. The maximum absolute atomic E-state index is 12.1. The van der Waals surface area contributed by atoms with Gasteiger partial charge in [-0.2, -0.15) is 0 Å². The van der Waals surface area contributed by atoms with Crippen molar-refractivity contribution in [2.24, 2.45) is 5.73 Å². The molecule has 0 heterocycles. The van der Waals surface area contributed by atoms with Gasteiger partial charge in [0.2, 0.25) is 0 Å². The molecule has 4 aromatic carbocycles. The molecule has 0 bridgehead atoms. The van der Waals surface area contributed by atoms with Crippen LogP contribution in [0.1, 0.15) is 90.5 Å². The fourth-order valence-electron chi connectivity index (χ4n) is 5.32. The van der Waals surface area contributed by atoms with E-state index in [2.05, 4.69) is 48.2 Å². The molecule has 0 unspecified atom stereocenters. The predicted molar refractivity (Wildman–Crippen MR) is 208 cm³/mol. The first-order valence-electron chi connectivity index (χ1n) is 18.2. The van der Waals surface area contributed by atoms with E-state index in [4.69, 9.17) is 10.5 Å². The Morgan fingerprint density at radius 2 is 1.06 bits per heavy atom. The number of nitrogens with one attached hydrogen (secondary N) is 1. The van der Waals surface area contributed by atoms with Crippen LogP contribution in [0.15, 0.2) is 109 Å². The largest absolute Gasteiger partial charge is 0.468 e. The van der Waals surface area contributed by atoms with Crippen LogP contribution in [0.25, 0.3) is 0 Å². The van der Waals surface area contributed by atoms with Crippen LogP contribution < -0.4 is 11.1 Å². The van der Waals surface area contributed by atoms with E-state index in [0.717, 1.165) is 35.8 Å². The van der Waals surface area contributed by atoms with Crippen molar-refractivity contribution >= 4 is 18.2 Å². The lowest BCUT2D eigenvalue weighted by molar-refractivity contribution is -0.143. The summed E-state index contributed by atoms with van der Waals surface area (Å²) in [5, 5.41) is 3.33. The Kier molecular flexibility index (Phi) is 21.9. The molecule has 7 nitrogen and oxygen atoms in total. The van der Waals surface area contributed by atoms with Crippen LogP contribution in [0.3, 0.4) is 0 Å². The molecule has 0 saturated carbocycles. The Morgan fingerprint density at radius 1 is 0.608 bits per heavy atom. The molecule has 274 valence electrons. The number of ether oxygens (including phenoxy) is 2. The van der Waals surface area contributed by atoms with Gasteiger partial charge < -0.3 is 20.5 Å². The number of carbonyl (C=O) groups excluding carboxylic acids is 3. The minimum absolute atomic E-state index is 0.222. The number of methoxy groups -OCH3 is 2. The quantitative estimate of drug-likeness (QED) is 0.0614. The van der Waals surface area contributed by atoms with E-state index >= 15 is 0 Å². The molecular weight excluding hydrogens is 636 g/mol. The number of unbranched alkanes of at least 4 members (excludes halogenated alkanes) is 4. The summed E-state index contributed by atoms with van der Waals surface area (Å²) in [6.45, 7) is 5.08. The first-order valence-corrected chi connectivity index (χ1v) is 18.2. The molecule has 0 spiro atoms. The molecule has 0 amide bonds. The first kappa shape index (κ1) is 42.6. The van der Waals surface area contributed by atoms with E-state index in [-0.39, 0.29) is 18.0 Å². The van der Waals surface area contributed by atoms with Crippen LogP contribution in [0.4, 0.5) is 0 Å². The number of esters is 2. The molecule has 0 fully saturated rings. The SMILES string of the molecule is CCCCCc1ccc(C=O)cc1.CCCCCc1ccc(CN[C@@H](Cc2ccccc2)C(=O)OC)cc1.COC(=O)[C@@H](N)Cc1ccccc1. The Bertz CT molecular complexity index is 1490. The summed E-state index contributed by atoms with van der Waals surface area (Å²) in [7, 11) is 2.78. The van der Waals surface area contributed by atoms with Crippen molar-refractivity contribution in [3.8, 4) is 0 Å². The predicted octanol–water partition coefficient (Wildman–Crippen LogP) is 8.25. The standard InChI is InChI=1S/C22H29NO2.C12H16O.C10H13NO2/c1-3-4-6-9-18-12-14-20(15-13-18)17-23-21(22(24)25-2)16-19-10-7-5-8-11-19;1-2-3-4-5-11-6-8-12(10-13)9-7-11;1-13-10(12)9(11)7-8-5-3-2-4-6-8/h5,7-8,10-15,21,23H,3-4,6,9,16-17H2,1-2H3;6-10H,2-5H2,1H3;2-6,9H,7,11H2,1H3/t21-;;9-/m0.0/s1. The summed E-state index contributed by atoms with van der Waals surface area (Å²) in [4.78, 5) is 33.4. The lowest BCUT2D eigenvalue weighted by Gasteiger charge is -2.17.